The summed E-state index contributed by atoms with van der Waals surface area (Å²) in [4.78, 5) is 23.0. The molecule has 12 heteroatoms. The SMILES string of the molecule is O=C(Nc1nc(-c2cccc(C(F)(F)F)c2F)cs1)c1cnc(N2C[C@@H]3[C@@H](CO)[C@@H]3C2)c(Cl)c1. The van der Waals surface area contributed by atoms with Crippen molar-refractivity contribution < 1.29 is 27.5 Å². The minimum Gasteiger partial charge on any atom is -0.396 e. The quantitative estimate of drug-likeness (QED) is 0.473. The van der Waals surface area contributed by atoms with Crippen molar-refractivity contribution >= 4 is 39.8 Å². The highest BCUT2D eigenvalue weighted by Gasteiger charge is 2.55. The maximum absolute atomic E-state index is 14.4. The number of alkyl halides is 3. The van der Waals surface area contributed by atoms with Crippen LogP contribution in [0.3, 0.4) is 0 Å². The summed E-state index contributed by atoms with van der Waals surface area (Å²) in [5.74, 6) is -0.199. The number of pyridine rings is 1. The molecule has 2 aromatic heterocycles. The molecule has 3 heterocycles. The Morgan fingerprint density at radius 2 is 2.03 bits per heavy atom. The smallest absolute Gasteiger partial charge is 0.396 e. The van der Waals surface area contributed by atoms with E-state index in [9.17, 15) is 27.5 Å². The number of benzene rings is 1. The van der Waals surface area contributed by atoms with Gasteiger partial charge in [0.2, 0.25) is 0 Å². The lowest BCUT2D eigenvalue weighted by molar-refractivity contribution is -0.139. The number of fused-ring (bicyclic) bond motifs is 1. The van der Waals surface area contributed by atoms with Gasteiger partial charge in [0.05, 0.1) is 21.8 Å². The van der Waals surface area contributed by atoms with Crippen LogP contribution >= 0.6 is 22.9 Å². The van der Waals surface area contributed by atoms with Crippen molar-refractivity contribution in [2.24, 2.45) is 17.8 Å². The average molecular weight is 513 g/mol. The van der Waals surface area contributed by atoms with Gasteiger partial charge in [-0.1, -0.05) is 17.7 Å². The van der Waals surface area contributed by atoms with Crippen LogP contribution in [0.1, 0.15) is 15.9 Å². The van der Waals surface area contributed by atoms with Crippen molar-refractivity contribution in [3.63, 3.8) is 0 Å². The maximum Gasteiger partial charge on any atom is 0.419 e. The predicted molar refractivity (Wildman–Crippen MR) is 119 cm³/mol. The van der Waals surface area contributed by atoms with E-state index >= 15 is 0 Å². The first-order valence-corrected chi connectivity index (χ1v) is 11.6. The predicted octanol–water partition coefficient (Wildman–Crippen LogP) is 4.94. The number of rotatable bonds is 5. The number of piperidine rings is 1. The summed E-state index contributed by atoms with van der Waals surface area (Å²) < 4.78 is 53.3. The molecule has 3 atom stereocenters. The molecule has 1 aliphatic carbocycles. The minimum absolute atomic E-state index is 0.0239. The fraction of sp³-hybridized carbons (Fsp3) is 0.318. The van der Waals surface area contributed by atoms with E-state index in [2.05, 4.69) is 15.3 Å². The molecule has 1 saturated heterocycles. The number of halogens is 5. The first kappa shape index (κ1) is 23.0. The number of nitrogens with zero attached hydrogens (tertiary/aromatic N) is 3. The number of thiazole rings is 1. The Hall–Kier alpha value is -2.76. The molecule has 0 spiro atoms. The normalized spacial score (nSPS) is 21.5. The summed E-state index contributed by atoms with van der Waals surface area (Å²) in [5.41, 5.74) is -1.54. The molecule has 5 rings (SSSR count). The molecular weight excluding hydrogens is 496 g/mol. The molecule has 1 amide bonds. The molecule has 0 radical (unpaired) electrons. The molecule has 1 aliphatic heterocycles. The Bertz CT molecular complexity index is 1260. The second-order valence-corrected chi connectivity index (χ2v) is 9.53. The fourth-order valence-electron chi connectivity index (χ4n) is 4.45. The average Bonchev–Trinajstić information content (AvgIpc) is 3.10. The summed E-state index contributed by atoms with van der Waals surface area (Å²) >= 11 is 7.31. The van der Waals surface area contributed by atoms with Gasteiger partial charge in [-0.3, -0.25) is 10.1 Å². The molecular formula is C22H17ClF4N4O2S. The lowest BCUT2D eigenvalue weighted by Gasteiger charge is -2.21. The van der Waals surface area contributed by atoms with Gasteiger partial charge in [0.15, 0.2) is 5.13 Å². The molecule has 178 valence electrons. The number of hydrogen-bond acceptors (Lipinski definition) is 6. The Balaban J connectivity index is 1.29. The molecule has 2 N–H and O–H groups in total. The van der Waals surface area contributed by atoms with Crippen LogP contribution in [0, 0.1) is 23.6 Å². The van der Waals surface area contributed by atoms with Crippen molar-refractivity contribution in [2.45, 2.75) is 6.18 Å². The first-order valence-electron chi connectivity index (χ1n) is 10.3. The zero-order chi connectivity index (χ0) is 24.2. The molecule has 3 aromatic rings. The van der Waals surface area contributed by atoms with Crippen molar-refractivity contribution in [1.29, 1.82) is 0 Å². The zero-order valence-corrected chi connectivity index (χ0v) is 18.9. The molecule has 34 heavy (non-hydrogen) atoms. The molecule has 0 unspecified atom stereocenters. The third-order valence-electron chi connectivity index (χ3n) is 6.27. The summed E-state index contributed by atoms with van der Waals surface area (Å²) in [6.45, 7) is 1.69. The molecule has 2 aliphatic rings. The standard InChI is InChI=1S/C22H17ClF4N4O2S/c23-16-4-10(5-28-19(16)31-6-12-13(7-31)14(12)8-32)20(33)30-21-29-17(9-34-21)11-2-1-3-15(18(11)24)22(25,26)27/h1-5,9,12-14,32H,6-8H2,(H,29,30,33)/t12-,13+,14+. The van der Waals surface area contributed by atoms with Crippen LogP contribution in [0.15, 0.2) is 35.8 Å². The van der Waals surface area contributed by atoms with Crippen LogP contribution in [-0.4, -0.2) is 40.7 Å². The van der Waals surface area contributed by atoms with Gasteiger partial charge in [0.25, 0.3) is 5.91 Å². The first-order chi connectivity index (χ1) is 16.2. The van der Waals surface area contributed by atoms with Gasteiger partial charge in [-0.25, -0.2) is 14.4 Å². The second-order valence-electron chi connectivity index (χ2n) is 8.27. The maximum atomic E-state index is 14.4. The number of aliphatic hydroxyl groups is 1. The Kier molecular flexibility index (Phi) is 5.73. The van der Waals surface area contributed by atoms with E-state index in [1.807, 2.05) is 4.90 Å². The van der Waals surface area contributed by atoms with Crippen molar-refractivity contribution in [3.05, 3.63) is 57.8 Å². The number of hydrogen-bond donors (Lipinski definition) is 2. The van der Waals surface area contributed by atoms with E-state index in [0.29, 0.717) is 34.7 Å². The van der Waals surface area contributed by atoms with E-state index in [-0.39, 0.29) is 28.6 Å². The number of carbonyl (C=O) groups excluding carboxylic acids is 1. The van der Waals surface area contributed by atoms with Crippen LogP contribution in [0.25, 0.3) is 11.3 Å². The highest BCUT2D eigenvalue weighted by molar-refractivity contribution is 7.14. The largest absolute Gasteiger partial charge is 0.419 e. The van der Waals surface area contributed by atoms with Crippen molar-refractivity contribution in [1.82, 2.24) is 9.97 Å². The van der Waals surface area contributed by atoms with Crippen molar-refractivity contribution in [2.75, 3.05) is 29.9 Å². The molecule has 0 bridgehead atoms. The van der Waals surface area contributed by atoms with Gasteiger partial charge < -0.3 is 10.0 Å². The number of nitrogens with one attached hydrogen (secondary N) is 1. The number of amides is 1. The van der Waals surface area contributed by atoms with Gasteiger partial charge in [-0.2, -0.15) is 13.2 Å². The monoisotopic (exact) mass is 512 g/mol. The lowest BCUT2D eigenvalue weighted by atomic mass is 10.1. The third-order valence-corrected chi connectivity index (χ3v) is 7.31. The van der Waals surface area contributed by atoms with E-state index in [1.165, 1.54) is 23.7 Å². The summed E-state index contributed by atoms with van der Waals surface area (Å²) in [6.07, 6.45) is -3.45. The number of anilines is 2. The number of aliphatic hydroxyl groups excluding tert-OH is 1. The minimum atomic E-state index is -4.83. The van der Waals surface area contributed by atoms with E-state index in [4.69, 9.17) is 11.6 Å². The third kappa shape index (κ3) is 4.12. The van der Waals surface area contributed by atoms with Crippen LogP contribution in [0.5, 0.6) is 0 Å². The van der Waals surface area contributed by atoms with Gasteiger partial charge in [-0.15, -0.1) is 11.3 Å². The van der Waals surface area contributed by atoms with Crippen LogP contribution in [-0.2, 0) is 6.18 Å². The fourth-order valence-corrected chi connectivity index (χ4v) is 5.45. The van der Waals surface area contributed by atoms with Gasteiger partial charge in [-0.05, 0) is 36.0 Å². The zero-order valence-electron chi connectivity index (χ0n) is 17.3. The highest BCUT2D eigenvalue weighted by atomic mass is 35.5. The molecule has 1 saturated carbocycles. The van der Waals surface area contributed by atoms with Gasteiger partial charge in [0.1, 0.15) is 11.6 Å². The molecule has 1 aromatic carbocycles. The van der Waals surface area contributed by atoms with Gasteiger partial charge in [0, 0.05) is 36.8 Å². The Labute approximate surface area is 200 Å². The van der Waals surface area contributed by atoms with Crippen LogP contribution < -0.4 is 10.2 Å². The van der Waals surface area contributed by atoms with E-state index in [1.54, 1.807) is 0 Å². The van der Waals surface area contributed by atoms with Gasteiger partial charge >= 0.3 is 6.18 Å². The Morgan fingerprint density at radius 1 is 1.29 bits per heavy atom. The van der Waals surface area contributed by atoms with Crippen LogP contribution in [0.4, 0.5) is 28.5 Å². The Morgan fingerprint density at radius 3 is 2.68 bits per heavy atom. The summed E-state index contributed by atoms with van der Waals surface area (Å²) in [5, 5.41) is 13.6. The molecule has 2 fully saturated rings. The van der Waals surface area contributed by atoms with Crippen LogP contribution in [0.2, 0.25) is 5.02 Å². The van der Waals surface area contributed by atoms with Crippen molar-refractivity contribution in [3.8, 4) is 11.3 Å². The molecule has 6 nitrogen and oxygen atoms in total. The lowest BCUT2D eigenvalue weighted by Crippen LogP contribution is -2.26. The second kappa shape index (κ2) is 8.47. The number of carbonyl (C=O) groups is 1. The topological polar surface area (TPSA) is 78.4 Å². The van der Waals surface area contributed by atoms with E-state index in [0.717, 1.165) is 30.5 Å². The van der Waals surface area contributed by atoms with E-state index < -0.39 is 23.5 Å². The summed E-state index contributed by atoms with van der Waals surface area (Å²) in [6, 6.07) is 4.43. The summed E-state index contributed by atoms with van der Waals surface area (Å²) in [7, 11) is 0. The highest BCUT2D eigenvalue weighted by Crippen LogP contribution is 2.52. The number of aromatic nitrogens is 2.